The van der Waals surface area contributed by atoms with Gasteiger partial charge in [0.2, 0.25) is 5.82 Å². The number of rotatable bonds is 4. The Labute approximate surface area is 125 Å². The highest BCUT2D eigenvalue weighted by Gasteiger charge is 2.41. The summed E-state index contributed by atoms with van der Waals surface area (Å²) in [5, 5.41) is 2.70. The third-order valence-electron chi connectivity index (χ3n) is 4.04. The molecule has 124 valence electrons. The van der Waals surface area contributed by atoms with E-state index in [2.05, 4.69) is 15.3 Å². The van der Waals surface area contributed by atoms with Gasteiger partial charge in [-0.25, -0.2) is 9.97 Å². The van der Waals surface area contributed by atoms with Crippen LogP contribution in [0, 0.1) is 23.6 Å². The van der Waals surface area contributed by atoms with E-state index in [1.54, 1.807) is 6.92 Å². The summed E-state index contributed by atoms with van der Waals surface area (Å²) in [6, 6.07) is 0. The van der Waals surface area contributed by atoms with Crippen molar-refractivity contribution in [1.29, 1.82) is 0 Å². The second-order valence-corrected chi connectivity index (χ2v) is 5.59. The molecule has 0 aromatic carbocycles. The second kappa shape index (κ2) is 6.75. The lowest BCUT2D eigenvalue weighted by Crippen LogP contribution is -2.30. The Kier molecular flexibility index (Phi) is 5.18. The predicted molar refractivity (Wildman–Crippen MR) is 71.3 cm³/mol. The van der Waals surface area contributed by atoms with Crippen LogP contribution in [-0.4, -0.2) is 22.7 Å². The molecule has 1 N–H and O–H groups in total. The summed E-state index contributed by atoms with van der Waals surface area (Å²) >= 11 is 0. The van der Waals surface area contributed by atoms with Crippen molar-refractivity contribution < 1.29 is 22.0 Å². The molecule has 1 fully saturated rings. The normalized spacial score (nSPS) is 22.6. The average Bonchev–Trinajstić information content (AvgIpc) is 2.48. The Morgan fingerprint density at radius 1 is 1.09 bits per heavy atom. The Bertz CT molecular complexity index is 510. The maximum absolute atomic E-state index is 13.6. The first-order chi connectivity index (χ1) is 10.3. The smallest absolute Gasteiger partial charge is 0.367 e. The fourth-order valence-electron chi connectivity index (χ4n) is 2.67. The minimum atomic E-state index is -4.14. The maximum Gasteiger partial charge on any atom is 0.391 e. The Hall–Kier alpha value is -1.47. The van der Waals surface area contributed by atoms with Crippen molar-refractivity contribution in [2.45, 2.75) is 45.2 Å². The molecule has 0 aliphatic heterocycles. The summed E-state index contributed by atoms with van der Waals surface area (Å²) in [6.45, 7) is 2.00. The molecule has 1 heterocycles. The molecule has 1 aliphatic rings. The Morgan fingerprint density at radius 3 is 2.27 bits per heavy atom. The summed E-state index contributed by atoms with van der Waals surface area (Å²) in [5.41, 5.74) is 0. The maximum atomic E-state index is 13.6. The van der Waals surface area contributed by atoms with Gasteiger partial charge in [0.1, 0.15) is 5.82 Å². The first-order valence-corrected chi connectivity index (χ1v) is 7.33. The predicted octanol–water partition coefficient (Wildman–Crippen LogP) is 4.10. The third-order valence-corrected chi connectivity index (χ3v) is 4.04. The van der Waals surface area contributed by atoms with Crippen LogP contribution >= 0.6 is 0 Å². The van der Waals surface area contributed by atoms with Crippen molar-refractivity contribution in [3.63, 3.8) is 0 Å². The molecule has 8 heteroatoms. The molecular weight excluding hydrogens is 305 g/mol. The molecule has 3 nitrogen and oxygen atoms in total. The SMILES string of the molecule is CCc1nc(F)c(F)c(NCC2CCC(C(F)(F)F)CC2)n1. The van der Waals surface area contributed by atoms with Crippen LogP contribution in [0.25, 0.3) is 0 Å². The van der Waals surface area contributed by atoms with Crippen molar-refractivity contribution in [1.82, 2.24) is 9.97 Å². The summed E-state index contributed by atoms with van der Waals surface area (Å²) in [7, 11) is 0. The van der Waals surface area contributed by atoms with Gasteiger partial charge < -0.3 is 5.32 Å². The Balaban J connectivity index is 1.91. The minimum Gasteiger partial charge on any atom is -0.367 e. The molecule has 0 atom stereocenters. The van der Waals surface area contributed by atoms with Crippen LogP contribution in [0.5, 0.6) is 0 Å². The van der Waals surface area contributed by atoms with Gasteiger partial charge in [-0.15, -0.1) is 0 Å². The van der Waals surface area contributed by atoms with Crippen LogP contribution in [0.3, 0.4) is 0 Å². The number of nitrogens with zero attached hydrogens (tertiary/aromatic N) is 2. The molecule has 1 aromatic heterocycles. The van der Waals surface area contributed by atoms with E-state index in [4.69, 9.17) is 0 Å². The molecular formula is C14H18F5N3. The number of hydrogen-bond acceptors (Lipinski definition) is 3. The van der Waals surface area contributed by atoms with Crippen molar-refractivity contribution >= 4 is 5.82 Å². The lowest BCUT2D eigenvalue weighted by Gasteiger charge is -2.30. The molecule has 0 saturated heterocycles. The van der Waals surface area contributed by atoms with Gasteiger partial charge >= 0.3 is 6.18 Å². The highest BCUT2D eigenvalue weighted by atomic mass is 19.4. The van der Waals surface area contributed by atoms with Crippen LogP contribution in [0.4, 0.5) is 27.8 Å². The molecule has 22 heavy (non-hydrogen) atoms. The van der Waals surface area contributed by atoms with Crippen LogP contribution in [0.2, 0.25) is 0 Å². The lowest BCUT2D eigenvalue weighted by atomic mass is 9.81. The van der Waals surface area contributed by atoms with E-state index < -0.39 is 23.9 Å². The zero-order valence-corrected chi connectivity index (χ0v) is 12.2. The van der Waals surface area contributed by atoms with Gasteiger partial charge in [0.05, 0.1) is 5.92 Å². The van der Waals surface area contributed by atoms with Gasteiger partial charge in [-0.1, -0.05) is 6.92 Å². The first kappa shape index (κ1) is 16.9. The fourth-order valence-corrected chi connectivity index (χ4v) is 2.67. The highest BCUT2D eigenvalue weighted by Crippen LogP contribution is 2.39. The topological polar surface area (TPSA) is 37.8 Å². The molecule has 0 spiro atoms. The van der Waals surface area contributed by atoms with E-state index >= 15 is 0 Å². The van der Waals surface area contributed by atoms with Crippen molar-refractivity contribution in [2.24, 2.45) is 11.8 Å². The van der Waals surface area contributed by atoms with Gasteiger partial charge in [0, 0.05) is 13.0 Å². The average molecular weight is 323 g/mol. The molecule has 0 radical (unpaired) electrons. The van der Waals surface area contributed by atoms with Crippen LogP contribution < -0.4 is 5.32 Å². The molecule has 0 amide bonds. The quantitative estimate of drug-likeness (QED) is 0.670. The lowest BCUT2D eigenvalue weighted by molar-refractivity contribution is -0.183. The molecule has 1 aromatic rings. The molecule has 1 aliphatic carbocycles. The van der Waals surface area contributed by atoms with Crippen LogP contribution in [0.15, 0.2) is 0 Å². The van der Waals surface area contributed by atoms with Gasteiger partial charge in [0.15, 0.2) is 5.82 Å². The van der Waals surface area contributed by atoms with E-state index in [9.17, 15) is 22.0 Å². The monoisotopic (exact) mass is 323 g/mol. The van der Waals surface area contributed by atoms with Gasteiger partial charge in [-0.3, -0.25) is 0 Å². The number of anilines is 1. The standard InChI is InChI=1S/C14H18F5N3/c1-2-10-21-12(16)11(15)13(22-10)20-7-8-3-5-9(6-4-8)14(17,18)19/h8-9H,2-7H2,1H3,(H,20,21,22). The Morgan fingerprint density at radius 2 is 1.73 bits per heavy atom. The van der Waals surface area contributed by atoms with Gasteiger partial charge in [0.25, 0.3) is 5.95 Å². The van der Waals surface area contributed by atoms with Gasteiger partial charge in [-0.05, 0) is 31.6 Å². The van der Waals surface area contributed by atoms with Gasteiger partial charge in [-0.2, -0.15) is 22.0 Å². The van der Waals surface area contributed by atoms with Crippen molar-refractivity contribution in [3.8, 4) is 0 Å². The number of halogens is 5. The second-order valence-electron chi connectivity index (χ2n) is 5.59. The number of aryl methyl sites for hydroxylation is 1. The summed E-state index contributed by atoms with van der Waals surface area (Å²) in [5.74, 6) is -3.65. The molecule has 1 saturated carbocycles. The van der Waals surface area contributed by atoms with E-state index in [-0.39, 0.29) is 36.9 Å². The minimum absolute atomic E-state index is 0.00102. The zero-order valence-electron chi connectivity index (χ0n) is 12.2. The summed E-state index contributed by atoms with van der Waals surface area (Å²) in [6.07, 6.45) is -2.80. The number of hydrogen-bond donors (Lipinski definition) is 1. The molecule has 2 rings (SSSR count). The molecule has 0 bridgehead atoms. The van der Waals surface area contributed by atoms with E-state index in [0.717, 1.165) is 0 Å². The third kappa shape index (κ3) is 4.04. The number of aromatic nitrogens is 2. The fraction of sp³-hybridized carbons (Fsp3) is 0.714. The van der Waals surface area contributed by atoms with Crippen molar-refractivity contribution in [2.75, 3.05) is 11.9 Å². The van der Waals surface area contributed by atoms with Crippen LogP contribution in [0.1, 0.15) is 38.4 Å². The zero-order chi connectivity index (χ0) is 16.3. The van der Waals surface area contributed by atoms with E-state index in [0.29, 0.717) is 19.3 Å². The van der Waals surface area contributed by atoms with E-state index in [1.807, 2.05) is 0 Å². The molecule has 0 unspecified atom stereocenters. The first-order valence-electron chi connectivity index (χ1n) is 7.33. The number of alkyl halides is 3. The largest absolute Gasteiger partial charge is 0.391 e. The van der Waals surface area contributed by atoms with Crippen LogP contribution in [-0.2, 0) is 6.42 Å². The summed E-state index contributed by atoms with van der Waals surface area (Å²) < 4.78 is 64.6. The van der Waals surface area contributed by atoms with E-state index in [1.165, 1.54) is 0 Å². The summed E-state index contributed by atoms with van der Waals surface area (Å²) in [4.78, 5) is 7.24. The number of nitrogens with one attached hydrogen (secondary N) is 1. The van der Waals surface area contributed by atoms with Crippen molar-refractivity contribution in [3.05, 3.63) is 17.6 Å². The highest BCUT2D eigenvalue weighted by molar-refractivity contribution is 5.35.